The summed E-state index contributed by atoms with van der Waals surface area (Å²) in [5.74, 6) is -1.96. The third-order valence-electron chi connectivity index (χ3n) is 2.70. The van der Waals surface area contributed by atoms with Gasteiger partial charge in [0.1, 0.15) is 6.04 Å². The zero-order valence-corrected chi connectivity index (χ0v) is 14.4. The minimum absolute atomic E-state index is 0.0166. The maximum Gasteiger partial charge on any atom is 0.321 e. The van der Waals surface area contributed by atoms with Gasteiger partial charge in [0.15, 0.2) is 0 Å². The Morgan fingerprint density at radius 1 is 1.14 bits per heavy atom. The van der Waals surface area contributed by atoms with Gasteiger partial charge in [0.2, 0.25) is 20.0 Å². The molecule has 0 spiro atoms. The normalized spacial score (nSPS) is 14.6. The number of rotatable bonds is 10. The summed E-state index contributed by atoms with van der Waals surface area (Å²) >= 11 is 0. The highest BCUT2D eigenvalue weighted by Crippen LogP contribution is 2.07. The first-order chi connectivity index (χ1) is 9.37. The molecule has 126 valence electrons. The average Bonchev–Trinajstić information content (AvgIpc) is 2.25. The predicted octanol–water partition coefficient (Wildman–Crippen LogP) is -0.313. The van der Waals surface area contributed by atoms with E-state index in [2.05, 4.69) is 4.72 Å². The van der Waals surface area contributed by atoms with Crippen LogP contribution in [-0.4, -0.2) is 63.9 Å². The van der Waals surface area contributed by atoms with E-state index in [4.69, 9.17) is 5.11 Å². The Bertz CT molecular complexity index is 539. The van der Waals surface area contributed by atoms with Crippen LogP contribution in [0.3, 0.4) is 0 Å². The first kappa shape index (κ1) is 20.3. The van der Waals surface area contributed by atoms with Crippen LogP contribution in [0.2, 0.25) is 0 Å². The molecule has 0 fully saturated rings. The fourth-order valence-electron chi connectivity index (χ4n) is 1.56. The Morgan fingerprint density at radius 2 is 1.67 bits per heavy atom. The van der Waals surface area contributed by atoms with Crippen molar-refractivity contribution in [1.82, 2.24) is 9.03 Å². The summed E-state index contributed by atoms with van der Waals surface area (Å²) in [5, 5.41) is 8.98. The molecule has 0 amide bonds. The number of aliphatic carboxylic acids is 1. The van der Waals surface area contributed by atoms with Crippen LogP contribution in [-0.2, 0) is 24.8 Å². The first-order valence-electron chi connectivity index (χ1n) is 6.50. The van der Waals surface area contributed by atoms with Gasteiger partial charge in [-0.05, 0) is 18.8 Å². The molecule has 0 saturated carbocycles. The van der Waals surface area contributed by atoms with Crippen LogP contribution in [0.4, 0.5) is 0 Å². The van der Waals surface area contributed by atoms with E-state index in [0.717, 1.165) is 4.31 Å². The van der Waals surface area contributed by atoms with E-state index in [1.807, 2.05) is 0 Å². The SMILES string of the molecule is CC(C)CC(NS(=O)(=O)CCCS(=O)(=O)N(C)C)C(=O)O. The molecule has 1 unspecified atom stereocenters. The third kappa shape index (κ3) is 8.34. The summed E-state index contributed by atoms with van der Waals surface area (Å²) in [5.41, 5.74) is 0. The molecule has 0 aromatic heterocycles. The Balaban J connectivity index is 4.59. The van der Waals surface area contributed by atoms with Gasteiger partial charge in [0.25, 0.3) is 0 Å². The monoisotopic (exact) mass is 344 g/mol. The van der Waals surface area contributed by atoms with Crippen LogP contribution in [0.5, 0.6) is 0 Å². The van der Waals surface area contributed by atoms with Crippen LogP contribution in [0.15, 0.2) is 0 Å². The van der Waals surface area contributed by atoms with Crippen molar-refractivity contribution in [3.05, 3.63) is 0 Å². The van der Waals surface area contributed by atoms with Crippen molar-refractivity contribution < 1.29 is 26.7 Å². The summed E-state index contributed by atoms with van der Waals surface area (Å²) in [7, 11) is -4.56. The van der Waals surface area contributed by atoms with Crippen LogP contribution in [0, 0.1) is 5.92 Å². The highest BCUT2D eigenvalue weighted by Gasteiger charge is 2.25. The largest absolute Gasteiger partial charge is 0.480 e. The maximum absolute atomic E-state index is 11.8. The van der Waals surface area contributed by atoms with Gasteiger partial charge >= 0.3 is 5.97 Å². The van der Waals surface area contributed by atoms with E-state index < -0.39 is 37.8 Å². The molecule has 0 radical (unpaired) electrons. The Hall–Kier alpha value is -0.710. The van der Waals surface area contributed by atoms with Gasteiger partial charge in [0, 0.05) is 14.1 Å². The van der Waals surface area contributed by atoms with E-state index in [9.17, 15) is 21.6 Å². The van der Waals surface area contributed by atoms with Gasteiger partial charge < -0.3 is 5.11 Å². The molecule has 0 bridgehead atoms. The van der Waals surface area contributed by atoms with Crippen LogP contribution >= 0.6 is 0 Å². The van der Waals surface area contributed by atoms with Gasteiger partial charge in [-0.25, -0.2) is 25.9 Å². The maximum atomic E-state index is 11.8. The Labute approximate surface area is 126 Å². The molecule has 0 heterocycles. The lowest BCUT2D eigenvalue weighted by molar-refractivity contribution is -0.139. The molecule has 1 atom stereocenters. The average molecular weight is 344 g/mol. The van der Waals surface area contributed by atoms with Crippen molar-refractivity contribution in [3.8, 4) is 0 Å². The van der Waals surface area contributed by atoms with E-state index in [-0.39, 0.29) is 24.5 Å². The van der Waals surface area contributed by atoms with Crippen molar-refractivity contribution in [1.29, 1.82) is 0 Å². The minimum Gasteiger partial charge on any atom is -0.480 e. The molecule has 0 aliphatic rings. The Kier molecular flexibility index (Phi) is 7.79. The van der Waals surface area contributed by atoms with Crippen molar-refractivity contribution in [2.75, 3.05) is 25.6 Å². The zero-order valence-electron chi connectivity index (χ0n) is 12.7. The fourth-order valence-corrected chi connectivity index (χ4v) is 3.89. The quantitative estimate of drug-likeness (QED) is 0.560. The molecule has 0 rings (SSSR count). The zero-order chi connectivity index (χ0) is 16.8. The number of hydrogen-bond donors (Lipinski definition) is 2. The second-order valence-electron chi connectivity index (χ2n) is 5.41. The van der Waals surface area contributed by atoms with Gasteiger partial charge in [0.05, 0.1) is 11.5 Å². The standard InChI is InChI=1S/C11H24N2O6S2/c1-9(2)8-10(11(14)15)12-20(16,17)6-5-7-21(18,19)13(3)4/h9-10,12H,5-8H2,1-4H3,(H,14,15). The van der Waals surface area contributed by atoms with Gasteiger partial charge in [-0.15, -0.1) is 0 Å². The molecule has 21 heavy (non-hydrogen) atoms. The van der Waals surface area contributed by atoms with E-state index >= 15 is 0 Å². The second-order valence-corrected chi connectivity index (χ2v) is 9.58. The molecule has 0 aromatic carbocycles. The third-order valence-corrected chi connectivity index (χ3v) is 6.09. The summed E-state index contributed by atoms with van der Waals surface area (Å²) in [6, 6.07) is -1.19. The fraction of sp³-hybridized carbons (Fsp3) is 0.909. The second kappa shape index (κ2) is 8.06. The lowest BCUT2D eigenvalue weighted by Crippen LogP contribution is -2.42. The molecular formula is C11H24N2O6S2. The van der Waals surface area contributed by atoms with Crippen LogP contribution in [0.25, 0.3) is 0 Å². The summed E-state index contributed by atoms with van der Waals surface area (Å²) < 4.78 is 49.7. The molecule has 0 aliphatic heterocycles. The topological polar surface area (TPSA) is 121 Å². The number of carboxylic acids is 1. The van der Waals surface area contributed by atoms with Crippen molar-refractivity contribution in [2.24, 2.45) is 5.92 Å². The number of carboxylic acid groups (broad SMARTS) is 1. The number of hydrogen-bond acceptors (Lipinski definition) is 5. The van der Waals surface area contributed by atoms with E-state index in [1.165, 1.54) is 14.1 Å². The molecule has 8 nitrogen and oxygen atoms in total. The Morgan fingerprint density at radius 3 is 2.05 bits per heavy atom. The summed E-state index contributed by atoms with van der Waals surface area (Å²) in [6.45, 7) is 3.57. The lowest BCUT2D eigenvalue weighted by atomic mass is 10.1. The summed E-state index contributed by atoms with van der Waals surface area (Å²) in [4.78, 5) is 11.0. The number of nitrogens with zero attached hydrogens (tertiary/aromatic N) is 1. The molecule has 0 aromatic rings. The smallest absolute Gasteiger partial charge is 0.321 e. The first-order valence-corrected chi connectivity index (χ1v) is 9.76. The number of nitrogens with one attached hydrogen (secondary N) is 1. The molecule has 0 aliphatic carbocycles. The van der Waals surface area contributed by atoms with Crippen LogP contribution in [0.1, 0.15) is 26.7 Å². The molecule has 0 saturated heterocycles. The minimum atomic E-state index is -3.83. The number of sulfonamides is 2. The molecule has 2 N–H and O–H groups in total. The van der Waals surface area contributed by atoms with Gasteiger partial charge in [-0.1, -0.05) is 13.8 Å². The predicted molar refractivity (Wildman–Crippen MR) is 79.9 cm³/mol. The molecular weight excluding hydrogens is 320 g/mol. The highest BCUT2D eigenvalue weighted by atomic mass is 32.2. The number of carbonyl (C=O) groups is 1. The van der Waals surface area contributed by atoms with E-state index in [1.54, 1.807) is 13.8 Å². The lowest BCUT2D eigenvalue weighted by Gasteiger charge is -2.17. The van der Waals surface area contributed by atoms with Crippen LogP contribution < -0.4 is 4.72 Å². The van der Waals surface area contributed by atoms with Crippen molar-refractivity contribution in [2.45, 2.75) is 32.7 Å². The van der Waals surface area contributed by atoms with Crippen molar-refractivity contribution >= 4 is 26.0 Å². The van der Waals surface area contributed by atoms with Crippen molar-refractivity contribution in [3.63, 3.8) is 0 Å². The molecule has 10 heteroatoms. The van der Waals surface area contributed by atoms with Gasteiger partial charge in [-0.3, -0.25) is 4.79 Å². The van der Waals surface area contributed by atoms with Gasteiger partial charge in [-0.2, -0.15) is 0 Å². The van der Waals surface area contributed by atoms with E-state index in [0.29, 0.717) is 0 Å². The summed E-state index contributed by atoms with van der Waals surface area (Å²) in [6.07, 6.45) is 0.0778. The highest BCUT2D eigenvalue weighted by molar-refractivity contribution is 7.90.